The maximum absolute atomic E-state index is 3.86. The molecule has 2 fully saturated rings. The molecule has 3 nitrogen and oxygen atoms in total. The van der Waals surface area contributed by atoms with E-state index in [1.54, 1.807) is 0 Å². The molecule has 0 radical (unpaired) electrons. The first-order chi connectivity index (χ1) is 11.3. The van der Waals surface area contributed by atoms with Gasteiger partial charge in [-0.1, -0.05) is 49.9 Å². The lowest BCUT2D eigenvalue weighted by molar-refractivity contribution is 0.233. The molecular weight excluding hydrogens is 282 g/mol. The van der Waals surface area contributed by atoms with Crippen LogP contribution in [0.4, 0.5) is 0 Å². The summed E-state index contributed by atoms with van der Waals surface area (Å²) in [5.74, 6) is 0. The van der Waals surface area contributed by atoms with E-state index in [1.165, 1.54) is 62.7 Å². The predicted molar refractivity (Wildman–Crippen MR) is 97.6 cm³/mol. The second-order valence-corrected chi connectivity index (χ2v) is 7.34. The van der Waals surface area contributed by atoms with Crippen molar-refractivity contribution >= 4 is 0 Å². The van der Waals surface area contributed by atoms with Gasteiger partial charge < -0.3 is 10.6 Å². The first-order valence-electron chi connectivity index (χ1n) is 9.59. The number of piperazine rings is 1. The minimum Gasteiger partial charge on any atom is -0.314 e. The van der Waals surface area contributed by atoms with Crippen LogP contribution >= 0.6 is 0 Å². The summed E-state index contributed by atoms with van der Waals surface area (Å²) in [5.41, 5.74) is 2.87. The number of hydrogen-bond acceptors (Lipinski definition) is 3. The maximum Gasteiger partial charge on any atom is 0.0294 e. The molecule has 2 N–H and O–H groups in total. The Labute approximate surface area is 141 Å². The van der Waals surface area contributed by atoms with Crippen LogP contribution in [0.2, 0.25) is 0 Å². The molecule has 1 aliphatic heterocycles. The molecule has 0 amide bonds. The summed E-state index contributed by atoms with van der Waals surface area (Å²) in [6.45, 7) is 7.99. The summed E-state index contributed by atoms with van der Waals surface area (Å²) in [6, 6.07) is 10.5. The van der Waals surface area contributed by atoms with Crippen molar-refractivity contribution in [3.8, 4) is 0 Å². The predicted octanol–water partition coefficient (Wildman–Crippen LogP) is 3.47. The van der Waals surface area contributed by atoms with Crippen molar-refractivity contribution in [2.45, 2.75) is 64.1 Å². The highest BCUT2D eigenvalue weighted by atomic mass is 15.2. The Balaban J connectivity index is 1.51. The number of hydrogen-bond donors (Lipinski definition) is 2. The Morgan fingerprint density at radius 2 is 1.70 bits per heavy atom. The van der Waals surface area contributed by atoms with Crippen LogP contribution < -0.4 is 10.6 Å². The van der Waals surface area contributed by atoms with Gasteiger partial charge in [0.05, 0.1) is 0 Å². The van der Waals surface area contributed by atoms with E-state index < -0.39 is 0 Å². The van der Waals surface area contributed by atoms with Crippen molar-refractivity contribution < 1.29 is 0 Å². The molecule has 0 spiro atoms. The largest absolute Gasteiger partial charge is 0.314 e. The molecule has 23 heavy (non-hydrogen) atoms. The van der Waals surface area contributed by atoms with Crippen LogP contribution in [0.3, 0.4) is 0 Å². The van der Waals surface area contributed by atoms with Crippen LogP contribution in [0.25, 0.3) is 0 Å². The second kappa shape index (κ2) is 8.81. The van der Waals surface area contributed by atoms with Gasteiger partial charge in [-0.15, -0.1) is 0 Å². The molecule has 1 saturated carbocycles. The molecule has 1 unspecified atom stereocenters. The molecule has 1 aromatic rings. The van der Waals surface area contributed by atoms with E-state index in [9.17, 15) is 0 Å². The van der Waals surface area contributed by atoms with E-state index in [1.807, 2.05) is 0 Å². The van der Waals surface area contributed by atoms with Crippen molar-refractivity contribution in [1.82, 2.24) is 15.5 Å². The standard InChI is InChI=1S/C20H33N3/c1-17(22-20-6-4-2-3-5-7-20)19-10-8-18(9-11-19)16-23-14-12-21-13-15-23/h8-11,17,20-22H,2-7,12-16H2,1H3. The van der Waals surface area contributed by atoms with Crippen molar-refractivity contribution in [1.29, 1.82) is 0 Å². The SMILES string of the molecule is CC(NC1CCCCCC1)c1ccc(CN2CCNCC2)cc1. The number of rotatable bonds is 5. The molecule has 2 aliphatic rings. The molecule has 1 saturated heterocycles. The Hall–Kier alpha value is -0.900. The van der Waals surface area contributed by atoms with Crippen molar-refractivity contribution in [2.75, 3.05) is 26.2 Å². The monoisotopic (exact) mass is 315 g/mol. The fourth-order valence-electron chi connectivity index (χ4n) is 3.93. The van der Waals surface area contributed by atoms with Crippen LogP contribution in [-0.2, 0) is 6.54 Å². The van der Waals surface area contributed by atoms with Crippen LogP contribution in [0.5, 0.6) is 0 Å². The third-order valence-corrected chi connectivity index (χ3v) is 5.44. The quantitative estimate of drug-likeness (QED) is 0.815. The molecule has 1 atom stereocenters. The van der Waals surface area contributed by atoms with Gasteiger partial charge in [0.1, 0.15) is 0 Å². The van der Waals surface area contributed by atoms with Gasteiger partial charge in [0, 0.05) is 44.8 Å². The molecule has 3 rings (SSSR count). The van der Waals surface area contributed by atoms with E-state index in [-0.39, 0.29) is 0 Å². The van der Waals surface area contributed by atoms with E-state index >= 15 is 0 Å². The zero-order valence-corrected chi connectivity index (χ0v) is 14.7. The van der Waals surface area contributed by atoms with Gasteiger partial charge in [0.25, 0.3) is 0 Å². The molecule has 1 heterocycles. The summed E-state index contributed by atoms with van der Waals surface area (Å²) in [6.07, 6.45) is 8.35. The maximum atomic E-state index is 3.86. The molecule has 1 aromatic carbocycles. The van der Waals surface area contributed by atoms with Gasteiger partial charge in [0.2, 0.25) is 0 Å². The third-order valence-electron chi connectivity index (χ3n) is 5.44. The minimum absolute atomic E-state index is 0.464. The molecule has 0 aromatic heterocycles. The second-order valence-electron chi connectivity index (χ2n) is 7.34. The lowest BCUT2D eigenvalue weighted by Crippen LogP contribution is -2.42. The molecule has 1 aliphatic carbocycles. The van der Waals surface area contributed by atoms with Gasteiger partial charge >= 0.3 is 0 Å². The van der Waals surface area contributed by atoms with Crippen molar-refractivity contribution in [2.24, 2.45) is 0 Å². The molecule has 0 bridgehead atoms. The van der Waals surface area contributed by atoms with Crippen LogP contribution in [0, 0.1) is 0 Å². The lowest BCUT2D eigenvalue weighted by Gasteiger charge is -2.27. The first-order valence-corrected chi connectivity index (χ1v) is 9.59. The van der Waals surface area contributed by atoms with Crippen LogP contribution in [-0.4, -0.2) is 37.1 Å². The van der Waals surface area contributed by atoms with Crippen LogP contribution in [0.1, 0.15) is 62.6 Å². The van der Waals surface area contributed by atoms with Gasteiger partial charge in [-0.2, -0.15) is 0 Å². The first kappa shape index (κ1) is 16.9. The third kappa shape index (κ3) is 5.30. The smallest absolute Gasteiger partial charge is 0.0294 e. The normalized spacial score (nSPS) is 22.7. The van der Waals surface area contributed by atoms with Crippen LogP contribution in [0.15, 0.2) is 24.3 Å². The van der Waals surface area contributed by atoms with Crippen molar-refractivity contribution in [3.05, 3.63) is 35.4 Å². The molecule has 128 valence electrons. The summed E-state index contributed by atoms with van der Waals surface area (Å²) in [7, 11) is 0. The summed E-state index contributed by atoms with van der Waals surface area (Å²) in [4.78, 5) is 2.54. The number of nitrogens with one attached hydrogen (secondary N) is 2. The Morgan fingerprint density at radius 1 is 1.04 bits per heavy atom. The summed E-state index contributed by atoms with van der Waals surface area (Å²) < 4.78 is 0. The number of nitrogens with zero attached hydrogens (tertiary/aromatic N) is 1. The van der Waals surface area contributed by atoms with Gasteiger partial charge in [-0.05, 0) is 30.9 Å². The van der Waals surface area contributed by atoms with Gasteiger partial charge in [-0.3, -0.25) is 4.90 Å². The summed E-state index contributed by atoms with van der Waals surface area (Å²) >= 11 is 0. The highest BCUT2D eigenvalue weighted by Gasteiger charge is 2.15. The highest BCUT2D eigenvalue weighted by molar-refractivity contribution is 5.25. The average Bonchev–Trinajstić information content (AvgIpc) is 2.85. The lowest BCUT2D eigenvalue weighted by atomic mass is 10.0. The van der Waals surface area contributed by atoms with Crippen molar-refractivity contribution in [3.63, 3.8) is 0 Å². The zero-order valence-electron chi connectivity index (χ0n) is 14.7. The average molecular weight is 316 g/mol. The Morgan fingerprint density at radius 3 is 2.35 bits per heavy atom. The number of benzene rings is 1. The summed E-state index contributed by atoms with van der Waals surface area (Å²) in [5, 5.41) is 7.28. The van der Waals surface area contributed by atoms with E-state index in [0.717, 1.165) is 19.6 Å². The fourth-order valence-corrected chi connectivity index (χ4v) is 3.93. The fraction of sp³-hybridized carbons (Fsp3) is 0.700. The molecular formula is C20H33N3. The Kier molecular flexibility index (Phi) is 6.49. The zero-order chi connectivity index (χ0) is 15.9. The van der Waals surface area contributed by atoms with Gasteiger partial charge in [-0.25, -0.2) is 0 Å². The van der Waals surface area contributed by atoms with E-state index in [4.69, 9.17) is 0 Å². The van der Waals surface area contributed by atoms with Gasteiger partial charge in [0.15, 0.2) is 0 Å². The highest BCUT2D eigenvalue weighted by Crippen LogP contribution is 2.21. The minimum atomic E-state index is 0.464. The van der Waals surface area contributed by atoms with E-state index in [2.05, 4.69) is 46.7 Å². The topological polar surface area (TPSA) is 27.3 Å². The van der Waals surface area contributed by atoms with E-state index in [0.29, 0.717) is 12.1 Å². The molecule has 3 heteroatoms. The Bertz CT molecular complexity index is 442.